The van der Waals surface area contributed by atoms with E-state index in [1.807, 2.05) is 0 Å². The summed E-state index contributed by atoms with van der Waals surface area (Å²) in [4.78, 5) is 10.6. The number of hydrogen-bond acceptors (Lipinski definition) is 3. The summed E-state index contributed by atoms with van der Waals surface area (Å²) in [6, 6.07) is -0.339. The lowest BCUT2D eigenvalue weighted by Gasteiger charge is -2.16. The fourth-order valence-electron chi connectivity index (χ4n) is 1.18. The second kappa shape index (κ2) is 4.14. The summed E-state index contributed by atoms with van der Waals surface area (Å²) in [7, 11) is 0. The van der Waals surface area contributed by atoms with Crippen molar-refractivity contribution in [3.8, 4) is 0 Å². The minimum atomic E-state index is -0.728. The molecule has 0 radical (unpaired) electrons. The van der Waals surface area contributed by atoms with Gasteiger partial charge in [-0.2, -0.15) is 0 Å². The van der Waals surface area contributed by atoms with Crippen molar-refractivity contribution in [2.45, 2.75) is 31.7 Å². The molecule has 0 aliphatic carbocycles. The third kappa shape index (κ3) is 2.14. The molecule has 0 aromatic rings. The number of thioether (sulfide) groups is 1. The Labute approximate surface area is 76.9 Å². The van der Waals surface area contributed by atoms with E-state index < -0.39 is 5.97 Å². The van der Waals surface area contributed by atoms with Crippen LogP contribution < -0.4 is 5.32 Å². The summed E-state index contributed by atoms with van der Waals surface area (Å²) in [5, 5.41) is 12.1. The fourth-order valence-corrected chi connectivity index (χ4v) is 2.60. The minimum absolute atomic E-state index is 0.330. The first kappa shape index (κ1) is 9.86. The zero-order valence-electron chi connectivity index (χ0n) is 7.41. The molecule has 1 rings (SSSR count). The maximum atomic E-state index is 10.6. The van der Waals surface area contributed by atoms with Gasteiger partial charge in [0.1, 0.15) is 6.04 Å². The van der Waals surface area contributed by atoms with Gasteiger partial charge in [-0.1, -0.05) is 20.3 Å². The molecule has 1 saturated heterocycles. The molecule has 1 aliphatic rings. The Morgan fingerprint density at radius 2 is 2.50 bits per heavy atom. The molecule has 0 spiro atoms. The van der Waals surface area contributed by atoms with Crippen LogP contribution in [0.2, 0.25) is 0 Å². The molecule has 0 amide bonds. The predicted molar refractivity (Wildman–Crippen MR) is 50.3 cm³/mol. The molecule has 1 heterocycles. The molecule has 1 fully saturated rings. The van der Waals surface area contributed by atoms with Gasteiger partial charge in [0, 0.05) is 5.75 Å². The molecule has 2 N–H and O–H groups in total. The van der Waals surface area contributed by atoms with Crippen molar-refractivity contribution >= 4 is 17.7 Å². The van der Waals surface area contributed by atoms with Crippen LogP contribution in [0.1, 0.15) is 20.3 Å². The standard InChI is InChI=1S/C8H15NO2S/c1-3-5(2)7-9-6(4-12-7)8(10)11/h5-7,9H,3-4H2,1-2H3,(H,10,11)/t5-,6-,7-/m1/s1. The molecule has 0 saturated carbocycles. The summed E-state index contributed by atoms with van der Waals surface area (Å²) >= 11 is 1.72. The quantitative estimate of drug-likeness (QED) is 0.699. The van der Waals surface area contributed by atoms with Gasteiger partial charge in [-0.3, -0.25) is 10.1 Å². The average molecular weight is 189 g/mol. The largest absolute Gasteiger partial charge is 0.480 e. The highest BCUT2D eigenvalue weighted by molar-refractivity contribution is 8.00. The second-order valence-electron chi connectivity index (χ2n) is 3.20. The van der Waals surface area contributed by atoms with E-state index in [1.165, 1.54) is 0 Å². The van der Waals surface area contributed by atoms with Gasteiger partial charge in [-0.15, -0.1) is 11.8 Å². The van der Waals surface area contributed by atoms with E-state index in [2.05, 4.69) is 19.2 Å². The van der Waals surface area contributed by atoms with Crippen molar-refractivity contribution in [2.75, 3.05) is 5.75 Å². The van der Waals surface area contributed by atoms with Gasteiger partial charge in [0.25, 0.3) is 0 Å². The van der Waals surface area contributed by atoms with E-state index in [-0.39, 0.29) is 6.04 Å². The van der Waals surface area contributed by atoms with E-state index in [0.29, 0.717) is 17.0 Å². The number of carboxylic acid groups (broad SMARTS) is 1. The van der Waals surface area contributed by atoms with Gasteiger partial charge in [0.15, 0.2) is 0 Å². The maximum absolute atomic E-state index is 10.6. The van der Waals surface area contributed by atoms with Gasteiger partial charge in [-0.25, -0.2) is 0 Å². The Hall–Kier alpha value is -0.220. The Morgan fingerprint density at radius 1 is 1.83 bits per heavy atom. The topological polar surface area (TPSA) is 49.3 Å². The molecular weight excluding hydrogens is 174 g/mol. The average Bonchev–Trinajstić information content (AvgIpc) is 2.51. The zero-order valence-corrected chi connectivity index (χ0v) is 8.23. The minimum Gasteiger partial charge on any atom is -0.480 e. The molecular formula is C8H15NO2S. The third-order valence-corrected chi connectivity index (χ3v) is 3.75. The summed E-state index contributed by atoms with van der Waals surface area (Å²) < 4.78 is 0. The molecule has 4 heteroatoms. The lowest BCUT2D eigenvalue weighted by atomic mass is 10.1. The summed E-state index contributed by atoms with van der Waals surface area (Å²) in [6.07, 6.45) is 1.09. The van der Waals surface area contributed by atoms with E-state index in [1.54, 1.807) is 11.8 Å². The first-order valence-electron chi connectivity index (χ1n) is 4.25. The molecule has 3 atom stereocenters. The predicted octanol–water partition coefficient (Wildman–Crippen LogP) is 1.15. The maximum Gasteiger partial charge on any atom is 0.321 e. The lowest BCUT2D eigenvalue weighted by Crippen LogP contribution is -2.38. The van der Waals surface area contributed by atoms with Crippen molar-refractivity contribution in [1.82, 2.24) is 5.32 Å². The number of nitrogens with one attached hydrogen (secondary N) is 1. The highest BCUT2D eigenvalue weighted by Gasteiger charge is 2.31. The summed E-state index contributed by atoms with van der Waals surface area (Å²) in [5.74, 6) is 0.525. The fraction of sp³-hybridized carbons (Fsp3) is 0.875. The number of rotatable bonds is 3. The van der Waals surface area contributed by atoms with E-state index in [0.717, 1.165) is 6.42 Å². The van der Waals surface area contributed by atoms with Crippen LogP contribution in [0, 0.1) is 5.92 Å². The SMILES string of the molecule is CC[C@@H](C)[C@@H]1N[C@@H](C(=O)O)CS1. The monoisotopic (exact) mass is 189 g/mol. The van der Waals surface area contributed by atoms with Crippen LogP contribution in [-0.2, 0) is 4.79 Å². The number of hydrogen-bond donors (Lipinski definition) is 2. The Kier molecular flexibility index (Phi) is 3.40. The van der Waals surface area contributed by atoms with Gasteiger partial charge in [-0.05, 0) is 5.92 Å². The Bertz CT molecular complexity index is 174. The van der Waals surface area contributed by atoms with Crippen molar-refractivity contribution in [2.24, 2.45) is 5.92 Å². The molecule has 0 aromatic carbocycles. The van der Waals surface area contributed by atoms with Crippen LogP contribution in [0.5, 0.6) is 0 Å². The number of carboxylic acids is 1. The van der Waals surface area contributed by atoms with E-state index >= 15 is 0 Å². The zero-order chi connectivity index (χ0) is 9.14. The van der Waals surface area contributed by atoms with E-state index in [4.69, 9.17) is 5.11 Å². The summed E-state index contributed by atoms with van der Waals surface area (Å²) in [5.41, 5.74) is 0. The van der Waals surface area contributed by atoms with Crippen molar-refractivity contribution in [1.29, 1.82) is 0 Å². The van der Waals surface area contributed by atoms with Crippen LogP contribution in [0.3, 0.4) is 0 Å². The van der Waals surface area contributed by atoms with Crippen molar-refractivity contribution in [3.05, 3.63) is 0 Å². The normalized spacial score (nSPS) is 31.8. The van der Waals surface area contributed by atoms with Crippen molar-refractivity contribution < 1.29 is 9.90 Å². The molecule has 12 heavy (non-hydrogen) atoms. The first-order chi connectivity index (χ1) is 5.65. The third-order valence-electron chi connectivity index (χ3n) is 2.27. The number of carbonyl (C=O) groups is 1. The highest BCUT2D eigenvalue weighted by atomic mass is 32.2. The van der Waals surface area contributed by atoms with Crippen LogP contribution in [0.15, 0.2) is 0 Å². The Balaban J connectivity index is 2.40. The molecule has 0 aromatic heterocycles. The van der Waals surface area contributed by atoms with Crippen LogP contribution in [0.25, 0.3) is 0 Å². The van der Waals surface area contributed by atoms with E-state index in [9.17, 15) is 4.79 Å². The van der Waals surface area contributed by atoms with Crippen LogP contribution in [0.4, 0.5) is 0 Å². The van der Waals surface area contributed by atoms with Gasteiger partial charge < -0.3 is 5.11 Å². The summed E-state index contributed by atoms with van der Waals surface area (Å²) in [6.45, 7) is 4.27. The molecule has 70 valence electrons. The van der Waals surface area contributed by atoms with Gasteiger partial charge in [0.2, 0.25) is 0 Å². The molecule has 1 aliphatic heterocycles. The second-order valence-corrected chi connectivity index (χ2v) is 4.37. The highest BCUT2D eigenvalue weighted by Crippen LogP contribution is 2.26. The van der Waals surface area contributed by atoms with Crippen molar-refractivity contribution in [3.63, 3.8) is 0 Å². The lowest BCUT2D eigenvalue weighted by molar-refractivity contribution is -0.138. The van der Waals surface area contributed by atoms with Gasteiger partial charge >= 0.3 is 5.97 Å². The molecule has 0 bridgehead atoms. The smallest absolute Gasteiger partial charge is 0.321 e. The van der Waals surface area contributed by atoms with Crippen LogP contribution >= 0.6 is 11.8 Å². The first-order valence-corrected chi connectivity index (χ1v) is 5.30. The Morgan fingerprint density at radius 3 is 2.92 bits per heavy atom. The van der Waals surface area contributed by atoms with Gasteiger partial charge in [0.05, 0.1) is 5.37 Å². The number of aliphatic carboxylic acids is 1. The van der Waals surface area contributed by atoms with Crippen LogP contribution in [-0.4, -0.2) is 28.2 Å². The molecule has 0 unspecified atom stereocenters. The molecule has 3 nitrogen and oxygen atoms in total.